The van der Waals surface area contributed by atoms with E-state index >= 15 is 0 Å². The van der Waals surface area contributed by atoms with Crippen LogP contribution in [-0.4, -0.2) is 61.0 Å². The van der Waals surface area contributed by atoms with Crippen molar-refractivity contribution in [3.05, 3.63) is 78.5 Å². The zero-order valence-corrected chi connectivity index (χ0v) is 19.4. The number of aromatic nitrogens is 1. The van der Waals surface area contributed by atoms with Gasteiger partial charge in [0.25, 0.3) is 5.91 Å². The van der Waals surface area contributed by atoms with Crippen LogP contribution >= 0.6 is 0 Å². The number of nitrogens with one attached hydrogen (secondary N) is 2. The average Bonchev–Trinajstić information content (AvgIpc) is 2.89. The molecule has 8 heteroatoms. The lowest BCUT2D eigenvalue weighted by Gasteiger charge is -2.37. The van der Waals surface area contributed by atoms with Crippen LogP contribution in [0.1, 0.15) is 17.3 Å². The highest BCUT2D eigenvalue weighted by Crippen LogP contribution is 2.24. The maximum Gasteiger partial charge on any atom is 0.255 e. The molecule has 1 aromatic heterocycles. The Morgan fingerprint density at radius 2 is 1.62 bits per heavy atom. The third kappa shape index (κ3) is 5.52. The van der Waals surface area contributed by atoms with Crippen molar-refractivity contribution < 1.29 is 14.3 Å². The largest absolute Gasteiger partial charge is 0.495 e. The van der Waals surface area contributed by atoms with Gasteiger partial charge in [0.05, 0.1) is 18.8 Å². The van der Waals surface area contributed by atoms with Gasteiger partial charge in [0.1, 0.15) is 11.6 Å². The maximum absolute atomic E-state index is 12.8. The first-order valence-corrected chi connectivity index (χ1v) is 11.3. The van der Waals surface area contributed by atoms with Gasteiger partial charge in [-0.25, -0.2) is 4.98 Å². The highest BCUT2D eigenvalue weighted by Gasteiger charge is 2.26. The number of carbonyl (C=O) groups excluding carboxylic acids is 2. The topological polar surface area (TPSA) is 86.8 Å². The first kappa shape index (κ1) is 23.3. The lowest BCUT2D eigenvalue weighted by Crippen LogP contribution is -2.53. The average molecular weight is 460 g/mol. The zero-order chi connectivity index (χ0) is 23.9. The molecule has 0 radical (unpaired) electrons. The Kier molecular flexibility index (Phi) is 7.39. The van der Waals surface area contributed by atoms with E-state index in [-0.39, 0.29) is 17.9 Å². The number of amides is 2. The van der Waals surface area contributed by atoms with Gasteiger partial charge in [-0.2, -0.15) is 0 Å². The number of pyridine rings is 1. The number of nitrogens with zero attached hydrogens (tertiary/aromatic N) is 3. The van der Waals surface area contributed by atoms with Gasteiger partial charge in [-0.1, -0.05) is 18.2 Å². The minimum atomic E-state index is -0.264. The second-order valence-electron chi connectivity index (χ2n) is 8.11. The molecule has 1 saturated heterocycles. The first-order chi connectivity index (χ1) is 16.5. The standard InChI is InChI=1S/C26H29N5O3/c1-19(30-15-17-31(18-16-30)24-9-5-6-14-27-24)25(32)28-21-12-10-20(11-13-21)26(33)29-22-7-3-4-8-23(22)34-2/h3-14,19H,15-18H2,1-2H3,(H,28,32)(H,29,33)/t19-/m0/s1. The van der Waals surface area contributed by atoms with Crippen molar-refractivity contribution in [3.8, 4) is 5.75 Å². The van der Waals surface area contributed by atoms with E-state index in [1.54, 1.807) is 49.7 Å². The number of carbonyl (C=O) groups is 2. The van der Waals surface area contributed by atoms with E-state index in [2.05, 4.69) is 25.4 Å². The summed E-state index contributed by atoms with van der Waals surface area (Å²) in [6.07, 6.45) is 1.80. The lowest BCUT2D eigenvalue weighted by molar-refractivity contribution is -0.120. The Balaban J connectivity index is 1.30. The smallest absolute Gasteiger partial charge is 0.255 e. The van der Waals surface area contributed by atoms with Crippen molar-refractivity contribution >= 4 is 29.0 Å². The SMILES string of the molecule is COc1ccccc1NC(=O)c1ccc(NC(=O)[C@H](C)N2CCN(c3ccccn3)CC2)cc1. The molecule has 0 unspecified atom stereocenters. The molecular formula is C26H29N5O3. The van der Waals surface area contributed by atoms with Crippen LogP contribution in [0.3, 0.4) is 0 Å². The second kappa shape index (κ2) is 10.8. The number of anilines is 3. The summed E-state index contributed by atoms with van der Waals surface area (Å²) >= 11 is 0. The number of ether oxygens (including phenoxy) is 1. The predicted molar refractivity (Wildman–Crippen MR) is 134 cm³/mol. The van der Waals surface area contributed by atoms with Crippen LogP contribution < -0.4 is 20.3 Å². The summed E-state index contributed by atoms with van der Waals surface area (Å²) in [6.45, 7) is 5.14. The molecule has 1 aliphatic rings. The van der Waals surface area contributed by atoms with E-state index in [1.165, 1.54) is 0 Å². The summed E-state index contributed by atoms with van der Waals surface area (Å²) in [5.41, 5.74) is 1.74. The summed E-state index contributed by atoms with van der Waals surface area (Å²) in [5, 5.41) is 5.81. The van der Waals surface area contributed by atoms with E-state index in [9.17, 15) is 9.59 Å². The Bertz CT molecular complexity index is 1110. The fraction of sp³-hybridized carbons (Fsp3) is 0.269. The maximum atomic E-state index is 12.8. The van der Waals surface area contributed by atoms with Crippen LogP contribution in [0, 0.1) is 0 Å². The number of benzene rings is 2. The molecular weight excluding hydrogens is 430 g/mol. The van der Waals surface area contributed by atoms with Crippen LogP contribution in [-0.2, 0) is 4.79 Å². The van der Waals surface area contributed by atoms with Crippen LogP contribution in [0.15, 0.2) is 72.9 Å². The quantitative estimate of drug-likeness (QED) is 0.563. The molecule has 0 bridgehead atoms. The second-order valence-corrected chi connectivity index (χ2v) is 8.11. The molecule has 1 fully saturated rings. The number of piperazine rings is 1. The summed E-state index contributed by atoms with van der Waals surface area (Å²) in [6, 6.07) is 19.7. The van der Waals surface area contributed by atoms with Crippen molar-refractivity contribution in [1.29, 1.82) is 0 Å². The van der Waals surface area contributed by atoms with Gasteiger partial charge >= 0.3 is 0 Å². The molecule has 1 atom stereocenters. The van der Waals surface area contributed by atoms with Crippen LogP contribution in [0.25, 0.3) is 0 Å². The van der Waals surface area contributed by atoms with Crippen molar-refractivity contribution in [2.24, 2.45) is 0 Å². The Hall–Kier alpha value is -3.91. The Labute approximate surface area is 199 Å². The molecule has 34 heavy (non-hydrogen) atoms. The lowest BCUT2D eigenvalue weighted by atomic mass is 10.1. The van der Waals surface area contributed by atoms with Crippen LogP contribution in [0.4, 0.5) is 17.2 Å². The predicted octanol–water partition coefficient (Wildman–Crippen LogP) is 3.49. The highest BCUT2D eigenvalue weighted by molar-refractivity contribution is 6.05. The molecule has 2 aromatic carbocycles. The molecule has 8 nitrogen and oxygen atoms in total. The third-order valence-electron chi connectivity index (χ3n) is 5.98. The summed E-state index contributed by atoms with van der Waals surface area (Å²) in [4.78, 5) is 34.2. The number of methoxy groups -OCH3 is 1. The molecule has 0 saturated carbocycles. The molecule has 2 heterocycles. The van der Waals surface area contributed by atoms with Crippen molar-refractivity contribution in [2.75, 3.05) is 48.8 Å². The van der Waals surface area contributed by atoms with E-state index in [1.807, 2.05) is 37.3 Å². The number of hydrogen-bond donors (Lipinski definition) is 2. The molecule has 4 rings (SSSR count). The van der Waals surface area contributed by atoms with Gasteiger partial charge in [-0.15, -0.1) is 0 Å². The highest BCUT2D eigenvalue weighted by atomic mass is 16.5. The minimum absolute atomic E-state index is 0.0718. The monoisotopic (exact) mass is 459 g/mol. The van der Waals surface area contributed by atoms with Crippen molar-refractivity contribution in [3.63, 3.8) is 0 Å². The number of rotatable bonds is 7. The zero-order valence-electron chi connectivity index (χ0n) is 19.4. The van der Waals surface area contributed by atoms with Gasteiger partial charge in [0, 0.05) is 43.6 Å². The van der Waals surface area contributed by atoms with Gasteiger partial charge in [0.15, 0.2) is 0 Å². The Morgan fingerprint density at radius 1 is 0.912 bits per heavy atom. The third-order valence-corrected chi connectivity index (χ3v) is 5.98. The Morgan fingerprint density at radius 3 is 2.29 bits per heavy atom. The number of para-hydroxylation sites is 2. The fourth-order valence-corrected chi connectivity index (χ4v) is 3.94. The molecule has 0 spiro atoms. The van der Waals surface area contributed by atoms with Gasteiger partial charge in [-0.05, 0) is 55.5 Å². The van der Waals surface area contributed by atoms with Crippen LogP contribution in [0.2, 0.25) is 0 Å². The van der Waals surface area contributed by atoms with Crippen molar-refractivity contribution in [1.82, 2.24) is 9.88 Å². The molecule has 3 aromatic rings. The summed E-state index contributed by atoms with van der Waals surface area (Å²) in [7, 11) is 1.56. The van der Waals surface area contributed by atoms with Crippen molar-refractivity contribution in [2.45, 2.75) is 13.0 Å². The van der Waals surface area contributed by atoms with Gasteiger partial charge in [-0.3, -0.25) is 14.5 Å². The number of hydrogen-bond acceptors (Lipinski definition) is 6. The van der Waals surface area contributed by atoms with E-state index in [4.69, 9.17) is 4.74 Å². The van der Waals surface area contributed by atoms with Crippen LogP contribution in [0.5, 0.6) is 5.75 Å². The van der Waals surface area contributed by atoms with Gasteiger partial charge in [0.2, 0.25) is 5.91 Å². The molecule has 2 N–H and O–H groups in total. The van der Waals surface area contributed by atoms with E-state index < -0.39 is 0 Å². The van der Waals surface area contributed by atoms with E-state index in [0.29, 0.717) is 22.7 Å². The molecule has 2 amide bonds. The normalized spacial score (nSPS) is 14.8. The first-order valence-electron chi connectivity index (χ1n) is 11.3. The molecule has 176 valence electrons. The summed E-state index contributed by atoms with van der Waals surface area (Å²) in [5.74, 6) is 1.24. The minimum Gasteiger partial charge on any atom is -0.495 e. The van der Waals surface area contributed by atoms with E-state index in [0.717, 1.165) is 32.0 Å². The summed E-state index contributed by atoms with van der Waals surface area (Å²) < 4.78 is 5.27. The van der Waals surface area contributed by atoms with Gasteiger partial charge < -0.3 is 20.3 Å². The molecule has 0 aliphatic carbocycles. The fourth-order valence-electron chi connectivity index (χ4n) is 3.94. The molecule has 1 aliphatic heterocycles.